The van der Waals surface area contributed by atoms with Crippen LogP contribution in [0, 0.1) is 10.1 Å². The van der Waals surface area contributed by atoms with Gasteiger partial charge in [-0.2, -0.15) is 5.10 Å². The topological polar surface area (TPSA) is 134 Å². The largest absolute Gasteiger partial charge is 0.506 e. The predicted molar refractivity (Wildman–Crippen MR) is 142 cm³/mol. The zero-order valence-electron chi connectivity index (χ0n) is 17.5. The molecule has 0 radical (unpaired) electrons. The third-order valence-electron chi connectivity index (χ3n) is 4.48. The third kappa shape index (κ3) is 6.84. The van der Waals surface area contributed by atoms with E-state index in [0.29, 0.717) is 30.1 Å². The van der Waals surface area contributed by atoms with Gasteiger partial charge in [-0.3, -0.25) is 19.7 Å². The lowest BCUT2D eigenvalue weighted by Gasteiger charge is -2.10. The number of nitrogens with one attached hydrogen (secondary N) is 2. The molecule has 0 aliphatic carbocycles. The summed E-state index contributed by atoms with van der Waals surface area (Å²) in [6.07, 6.45) is 2.67. The van der Waals surface area contributed by atoms with E-state index in [0.717, 1.165) is 0 Å². The molecule has 0 atom stereocenters. The number of carbonyl (C=O) groups is 2. The fraction of sp³-hybridized carbons (Fsp3) is 0. The second-order valence-corrected chi connectivity index (χ2v) is 9.34. The van der Waals surface area contributed by atoms with Gasteiger partial charge in [0.2, 0.25) is 0 Å². The van der Waals surface area contributed by atoms with Crippen LogP contribution >= 0.6 is 47.8 Å². The zero-order chi connectivity index (χ0) is 25.5. The van der Waals surface area contributed by atoms with Gasteiger partial charge in [0.05, 0.1) is 20.1 Å². The minimum absolute atomic E-state index is 0.0464. The molecule has 0 heterocycles. The first-order valence-corrected chi connectivity index (χ1v) is 12.1. The number of phenolic OH excluding ortho intramolecular Hbond substituents is 1. The molecule has 0 aliphatic heterocycles. The average Bonchev–Trinajstić information content (AvgIpc) is 2.85. The van der Waals surface area contributed by atoms with Gasteiger partial charge in [-0.25, -0.2) is 5.43 Å². The molecule has 3 aromatic rings. The van der Waals surface area contributed by atoms with Gasteiger partial charge in [-0.15, -0.1) is 0 Å². The monoisotopic (exact) mass is 664 g/mol. The maximum absolute atomic E-state index is 12.9. The number of carbonyl (C=O) groups excluding carboxylic acids is 2. The highest BCUT2D eigenvalue weighted by molar-refractivity contribution is 9.11. The molecule has 2 amide bonds. The molecule has 178 valence electrons. The first-order valence-electron chi connectivity index (χ1n) is 9.69. The quantitative estimate of drug-likeness (QED) is 0.132. The summed E-state index contributed by atoms with van der Waals surface area (Å²) in [4.78, 5) is 35.9. The summed E-state index contributed by atoms with van der Waals surface area (Å²) in [6, 6.07) is 15.4. The summed E-state index contributed by atoms with van der Waals surface area (Å²) < 4.78 is 1.39. The van der Waals surface area contributed by atoms with Gasteiger partial charge in [0, 0.05) is 27.7 Å². The van der Waals surface area contributed by atoms with E-state index in [-0.39, 0.29) is 17.1 Å². The van der Waals surface area contributed by atoms with Crippen LogP contribution in [0.2, 0.25) is 0 Å². The van der Waals surface area contributed by atoms with Crippen molar-refractivity contribution in [1.29, 1.82) is 0 Å². The number of amides is 2. The summed E-state index contributed by atoms with van der Waals surface area (Å²) in [5.74, 6) is -1.31. The van der Waals surface area contributed by atoms with E-state index in [4.69, 9.17) is 0 Å². The van der Waals surface area contributed by atoms with Crippen molar-refractivity contribution in [2.45, 2.75) is 0 Å². The van der Waals surface area contributed by atoms with Gasteiger partial charge in [0.1, 0.15) is 11.4 Å². The van der Waals surface area contributed by atoms with Crippen molar-refractivity contribution in [3.05, 3.63) is 107 Å². The van der Waals surface area contributed by atoms with Gasteiger partial charge < -0.3 is 10.4 Å². The number of rotatable bonds is 7. The van der Waals surface area contributed by atoms with E-state index in [1.807, 2.05) is 0 Å². The van der Waals surface area contributed by atoms with Crippen LogP contribution in [0.5, 0.6) is 5.75 Å². The van der Waals surface area contributed by atoms with Crippen LogP contribution < -0.4 is 10.7 Å². The molecule has 0 fully saturated rings. The normalized spacial score (nSPS) is 11.3. The molecule has 0 saturated heterocycles. The molecular formula is C23H15Br3N4O5. The van der Waals surface area contributed by atoms with Crippen molar-refractivity contribution in [2.24, 2.45) is 5.10 Å². The molecule has 0 aliphatic rings. The SMILES string of the molecule is O=C(N/N=C/c1c(Br)cc(Br)c(O)c1Br)/C(=C/c1ccc([N+](=O)[O-])cc1)NC(=O)c1ccccc1. The molecule has 3 aromatic carbocycles. The van der Waals surface area contributed by atoms with Crippen LogP contribution in [0.25, 0.3) is 6.08 Å². The molecule has 0 bridgehead atoms. The van der Waals surface area contributed by atoms with Gasteiger partial charge in [-0.05, 0) is 73.8 Å². The smallest absolute Gasteiger partial charge is 0.287 e. The second-order valence-electron chi connectivity index (χ2n) is 6.84. The number of nitro groups is 1. The third-order valence-corrected chi connectivity index (χ3v) is 6.55. The minimum Gasteiger partial charge on any atom is -0.506 e. The van der Waals surface area contributed by atoms with Crippen molar-refractivity contribution in [3.63, 3.8) is 0 Å². The standard InChI is InChI=1S/C23H15Br3N4O5/c24-17-11-18(25)21(31)20(26)16(17)12-27-29-23(33)19(28-22(32)14-4-2-1-3-5-14)10-13-6-8-15(9-7-13)30(34)35/h1-12,31H,(H,28,32)(H,29,33)/b19-10-,27-12+. The van der Waals surface area contributed by atoms with Crippen molar-refractivity contribution < 1.29 is 19.6 Å². The molecule has 35 heavy (non-hydrogen) atoms. The molecule has 0 unspecified atom stereocenters. The number of hydrogen-bond donors (Lipinski definition) is 3. The summed E-state index contributed by atoms with van der Waals surface area (Å²) in [7, 11) is 0. The minimum atomic E-state index is -0.738. The maximum Gasteiger partial charge on any atom is 0.287 e. The Kier molecular flexibility index (Phi) is 8.90. The highest BCUT2D eigenvalue weighted by Crippen LogP contribution is 2.38. The molecule has 3 N–H and O–H groups in total. The molecule has 0 aromatic heterocycles. The maximum atomic E-state index is 12.9. The summed E-state index contributed by atoms with van der Waals surface area (Å²) >= 11 is 9.84. The number of benzene rings is 3. The molecule has 0 saturated carbocycles. The Morgan fingerprint density at radius 1 is 1.00 bits per heavy atom. The van der Waals surface area contributed by atoms with E-state index in [1.165, 1.54) is 36.6 Å². The van der Waals surface area contributed by atoms with E-state index in [1.54, 1.807) is 36.4 Å². The first-order chi connectivity index (χ1) is 16.7. The Labute approximate surface area is 224 Å². The van der Waals surface area contributed by atoms with Gasteiger partial charge >= 0.3 is 0 Å². The number of phenols is 1. The molecule has 12 heteroatoms. The molecule has 0 spiro atoms. The first kappa shape index (κ1) is 26.3. The zero-order valence-corrected chi connectivity index (χ0v) is 22.3. The van der Waals surface area contributed by atoms with E-state index in [9.17, 15) is 24.8 Å². The lowest BCUT2D eigenvalue weighted by atomic mass is 10.1. The number of hydrogen-bond acceptors (Lipinski definition) is 6. The Hall–Kier alpha value is -3.35. The van der Waals surface area contributed by atoms with Crippen LogP contribution in [-0.2, 0) is 4.79 Å². The van der Waals surface area contributed by atoms with Crippen LogP contribution in [0.15, 0.2) is 84.9 Å². The Morgan fingerprint density at radius 2 is 1.66 bits per heavy atom. The lowest BCUT2D eigenvalue weighted by Crippen LogP contribution is -2.32. The number of aromatic hydroxyl groups is 1. The number of nitro benzene ring substituents is 1. The van der Waals surface area contributed by atoms with Crippen LogP contribution in [-0.4, -0.2) is 28.1 Å². The van der Waals surface area contributed by atoms with E-state index >= 15 is 0 Å². The number of halogens is 3. The Bertz CT molecular complexity index is 1340. The van der Waals surface area contributed by atoms with Crippen molar-refractivity contribution in [2.75, 3.05) is 0 Å². The molecule has 9 nitrogen and oxygen atoms in total. The number of non-ortho nitro benzene ring substituents is 1. The summed E-state index contributed by atoms with van der Waals surface area (Å²) in [5.41, 5.74) is 3.32. The Morgan fingerprint density at radius 3 is 2.29 bits per heavy atom. The fourth-order valence-electron chi connectivity index (χ4n) is 2.73. The summed E-state index contributed by atoms with van der Waals surface area (Å²) in [6.45, 7) is 0. The predicted octanol–water partition coefficient (Wildman–Crippen LogP) is 5.51. The van der Waals surface area contributed by atoms with E-state index < -0.39 is 16.7 Å². The van der Waals surface area contributed by atoms with Crippen molar-refractivity contribution >= 4 is 77.6 Å². The summed E-state index contributed by atoms with van der Waals surface area (Å²) in [5, 5.41) is 27.4. The van der Waals surface area contributed by atoms with Crippen molar-refractivity contribution in [3.8, 4) is 5.75 Å². The lowest BCUT2D eigenvalue weighted by molar-refractivity contribution is -0.384. The van der Waals surface area contributed by atoms with E-state index in [2.05, 4.69) is 63.6 Å². The molecular weight excluding hydrogens is 652 g/mol. The second kappa shape index (κ2) is 11.9. The fourth-order valence-corrected chi connectivity index (χ4v) is 5.06. The average molecular weight is 667 g/mol. The van der Waals surface area contributed by atoms with Crippen LogP contribution in [0.4, 0.5) is 5.69 Å². The number of hydrazone groups is 1. The highest BCUT2D eigenvalue weighted by Gasteiger charge is 2.16. The number of nitrogens with zero attached hydrogens (tertiary/aromatic N) is 2. The van der Waals surface area contributed by atoms with Gasteiger partial charge in [0.25, 0.3) is 17.5 Å². The van der Waals surface area contributed by atoms with Gasteiger partial charge in [0.15, 0.2) is 0 Å². The van der Waals surface area contributed by atoms with Crippen molar-refractivity contribution in [1.82, 2.24) is 10.7 Å². The van der Waals surface area contributed by atoms with Gasteiger partial charge in [-0.1, -0.05) is 34.1 Å². The Balaban J connectivity index is 1.87. The van der Waals surface area contributed by atoms with Crippen LogP contribution in [0.1, 0.15) is 21.5 Å². The molecule has 3 rings (SSSR count). The highest BCUT2D eigenvalue weighted by atomic mass is 79.9. The van der Waals surface area contributed by atoms with Crippen LogP contribution in [0.3, 0.4) is 0 Å².